The highest BCUT2D eigenvalue weighted by Crippen LogP contribution is 2.28. The second-order valence-electron chi connectivity index (χ2n) is 9.34. The maximum absolute atomic E-state index is 13.6. The van der Waals surface area contributed by atoms with Crippen LogP contribution in [0.1, 0.15) is 41.7 Å². The highest BCUT2D eigenvalue weighted by Gasteiger charge is 2.25. The van der Waals surface area contributed by atoms with Gasteiger partial charge in [-0.3, -0.25) is 18.9 Å². The van der Waals surface area contributed by atoms with Crippen LogP contribution in [0.5, 0.6) is 0 Å². The highest BCUT2D eigenvalue weighted by atomic mass is 35.5. The van der Waals surface area contributed by atoms with Crippen LogP contribution in [0.3, 0.4) is 0 Å². The summed E-state index contributed by atoms with van der Waals surface area (Å²) in [7, 11) is 1.81. The topological polar surface area (TPSA) is 93.8 Å². The average molecular weight is 505 g/mol. The number of carbonyl (C=O) groups excluding carboxylic acids is 1. The first-order valence-corrected chi connectivity index (χ1v) is 12.6. The zero-order valence-corrected chi connectivity index (χ0v) is 21.1. The molecule has 1 aliphatic rings. The molecule has 0 aliphatic heterocycles. The zero-order valence-electron chi connectivity index (χ0n) is 20.4. The number of aryl methyl sites for hydroxylation is 1. The molecule has 9 heteroatoms. The van der Waals surface area contributed by atoms with Crippen LogP contribution in [0.15, 0.2) is 59.7 Å². The van der Waals surface area contributed by atoms with Gasteiger partial charge in [0.05, 0.1) is 33.0 Å². The molecule has 1 amide bonds. The summed E-state index contributed by atoms with van der Waals surface area (Å²) in [6.07, 6.45) is 6.85. The average Bonchev–Trinajstić information content (AvgIpc) is 3.17. The Morgan fingerprint density at radius 3 is 2.58 bits per heavy atom. The van der Waals surface area contributed by atoms with Gasteiger partial charge in [-0.25, -0.2) is 9.78 Å². The van der Waals surface area contributed by atoms with E-state index in [2.05, 4.69) is 20.6 Å². The summed E-state index contributed by atoms with van der Waals surface area (Å²) in [6.45, 7) is 2.45. The number of hydrogen-bond acceptors (Lipinski definition) is 5. The van der Waals surface area contributed by atoms with Crippen LogP contribution in [-0.4, -0.2) is 38.1 Å². The normalized spacial score (nSPS) is 17.8. The fraction of sp³-hybridized carbons (Fsp3) is 0.333. The second-order valence-corrected chi connectivity index (χ2v) is 9.78. The fourth-order valence-electron chi connectivity index (χ4n) is 5.08. The number of pyridine rings is 2. The van der Waals surface area contributed by atoms with Gasteiger partial charge in [0.25, 0.3) is 5.91 Å². The second kappa shape index (κ2) is 10.1. The molecule has 0 saturated heterocycles. The van der Waals surface area contributed by atoms with Crippen LogP contribution >= 0.6 is 11.6 Å². The molecule has 186 valence electrons. The number of carbonyl (C=O) groups is 1. The summed E-state index contributed by atoms with van der Waals surface area (Å²) in [6, 6.07) is 13.4. The molecular weight excluding hydrogens is 476 g/mol. The predicted octanol–water partition coefficient (Wildman–Crippen LogP) is 4.57. The summed E-state index contributed by atoms with van der Waals surface area (Å²) < 4.78 is 3.64. The van der Waals surface area contributed by atoms with E-state index in [1.54, 1.807) is 23.0 Å². The van der Waals surface area contributed by atoms with Crippen LogP contribution in [0.2, 0.25) is 5.02 Å². The Labute approximate surface area is 214 Å². The third kappa shape index (κ3) is 4.73. The monoisotopic (exact) mass is 504 g/mol. The van der Waals surface area contributed by atoms with Crippen molar-refractivity contribution in [3.05, 3.63) is 81.6 Å². The molecule has 1 saturated carbocycles. The van der Waals surface area contributed by atoms with Gasteiger partial charge in [-0.15, -0.1) is 0 Å². The van der Waals surface area contributed by atoms with Gasteiger partial charge in [0, 0.05) is 38.1 Å². The number of aromatic nitrogens is 4. The van der Waals surface area contributed by atoms with E-state index in [4.69, 9.17) is 11.6 Å². The Balaban J connectivity index is 1.31. The van der Waals surface area contributed by atoms with Crippen LogP contribution < -0.4 is 16.3 Å². The molecule has 0 atom stereocenters. The van der Waals surface area contributed by atoms with Gasteiger partial charge in [-0.05, 0) is 62.8 Å². The third-order valence-corrected chi connectivity index (χ3v) is 7.22. The van der Waals surface area contributed by atoms with Crippen molar-refractivity contribution in [2.24, 2.45) is 5.92 Å². The number of nitrogens with one attached hydrogen (secondary N) is 2. The minimum absolute atomic E-state index is 0.0520. The third-order valence-electron chi connectivity index (χ3n) is 7.01. The number of hydrogen-bond donors (Lipinski definition) is 2. The van der Waals surface area contributed by atoms with E-state index in [1.165, 1.54) is 0 Å². The molecule has 1 aliphatic carbocycles. The standard InChI is InChI=1S/C27H29ClN6O2/c1-17-22(13-19(28)15-31-17)26(35)32-20-9-7-18(8-10-20)16-33-23-5-3-4-6-24(23)34(27(33)36)21-11-12-30-25(14-21)29-2/h3-6,11-15,18,20H,7-10,16H2,1-2H3,(H,29,30)(H,32,35). The number of halogens is 1. The van der Waals surface area contributed by atoms with Gasteiger partial charge in [-0.2, -0.15) is 0 Å². The van der Waals surface area contributed by atoms with E-state index in [1.807, 2.05) is 54.9 Å². The molecule has 8 nitrogen and oxygen atoms in total. The largest absolute Gasteiger partial charge is 0.373 e. The first-order valence-electron chi connectivity index (χ1n) is 12.2. The van der Waals surface area contributed by atoms with Crippen molar-refractivity contribution in [1.29, 1.82) is 0 Å². The Kier molecular flexibility index (Phi) is 6.78. The molecule has 0 radical (unpaired) electrons. The van der Waals surface area contributed by atoms with Crippen molar-refractivity contribution >= 4 is 34.4 Å². The van der Waals surface area contributed by atoms with Crippen LogP contribution in [0.25, 0.3) is 16.7 Å². The summed E-state index contributed by atoms with van der Waals surface area (Å²) in [5, 5.41) is 6.63. The van der Waals surface area contributed by atoms with Gasteiger partial charge in [0.1, 0.15) is 5.82 Å². The van der Waals surface area contributed by atoms with Crippen molar-refractivity contribution in [3.63, 3.8) is 0 Å². The molecular formula is C27H29ClN6O2. The summed E-state index contributed by atoms with van der Waals surface area (Å²) in [4.78, 5) is 34.8. The molecule has 2 N–H and O–H groups in total. The molecule has 3 heterocycles. The summed E-state index contributed by atoms with van der Waals surface area (Å²) >= 11 is 6.03. The minimum atomic E-state index is -0.136. The van der Waals surface area contributed by atoms with E-state index >= 15 is 0 Å². The predicted molar refractivity (Wildman–Crippen MR) is 142 cm³/mol. The molecule has 36 heavy (non-hydrogen) atoms. The molecule has 1 fully saturated rings. The van der Waals surface area contributed by atoms with Crippen molar-refractivity contribution in [3.8, 4) is 5.69 Å². The van der Waals surface area contributed by atoms with Crippen molar-refractivity contribution < 1.29 is 4.79 Å². The lowest BCUT2D eigenvalue weighted by Crippen LogP contribution is -2.39. The summed E-state index contributed by atoms with van der Waals surface area (Å²) in [5.74, 6) is 0.930. The smallest absolute Gasteiger partial charge is 0.333 e. The molecule has 0 bridgehead atoms. The van der Waals surface area contributed by atoms with Crippen molar-refractivity contribution in [2.45, 2.75) is 45.2 Å². The highest BCUT2D eigenvalue weighted by molar-refractivity contribution is 6.30. The maximum Gasteiger partial charge on any atom is 0.333 e. The van der Waals surface area contributed by atoms with E-state index < -0.39 is 0 Å². The van der Waals surface area contributed by atoms with Crippen LogP contribution in [0.4, 0.5) is 5.82 Å². The number of anilines is 1. The van der Waals surface area contributed by atoms with Crippen LogP contribution in [-0.2, 0) is 6.54 Å². The number of nitrogens with zero attached hydrogens (tertiary/aromatic N) is 4. The molecule has 0 spiro atoms. The van der Waals surface area contributed by atoms with E-state index in [0.29, 0.717) is 34.6 Å². The Hall–Kier alpha value is -3.65. The first-order chi connectivity index (χ1) is 17.4. The maximum atomic E-state index is 13.6. The Morgan fingerprint density at radius 1 is 1.08 bits per heavy atom. The fourth-order valence-corrected chi connectivity index (χ4v) is 5.24. The van der Waals surface area contributed by atoms with Crippen molar-refractivity contribution in [2.75, 3.05) is 12.4 Å². The van der Waals surface area contributed by atoms with E-state index in [9.17, 15) is 9.59 Å². The molecule has 0 unspecified atom stereocenters. The van der Waals surface area contributed by atoms with Gasteiger partial charge in [0.2, 0.25) is 0 Å². The van der Waals surface area contributed by atoms with Gasteiger partial charge >= 0.3 is 5.69 Å². The lowest BCUT2D eigenvalue weighted by molar-refractivity contribution is 0.0919. The number of fused-ring (bicyclic) bond motifs is 1. The lowest BCUT2D eigenvalue weighted by atomic mass is 9.85. The van der Waals surface area contributed by atoms with E-state index in [-0.39, 0.29) is 17.6 Å². The van der Waals surface area contributed by atoms with Gasteiger partial charge < -0.3 is 10.6 Å². The molecule has 3 aromatic heterocycles. The summed E-state index contributed by atoms with van der Waals surface area (Å²) in [5.41, 5.74) is 3.71. The number of para-hydroxylation sites is 2. The first kappa shape index (κ1) is 24.1. The number of amides is 1. The minimum Gasteiger partial charge on any atom is -0.373 e. The van der Waals surface area contributed by atoms with Gasteiger partial charge in [0.15, 0.2) is 0 Å². The van der Waals surface area contributed by atoms with Gasteiger partial charge in [-0.1, -0.05) is 23.7 Å². The number of benzene rings is 1. The molecule has 1 aromatic carbocycles. The SMILES string of the molecule is CNc1cc(-n2c(=O)n(CC3CCC(NC(=O)c4cc(Cl)cnc4C)CC3)c3ccccc32)ccn1. The Morgan fingerprint density at radius 2 is 1.83 bits per heavy atom. The lowest BCUT2D eigenvalue weighted by Gasteiger charge is -2.29. The molecule has 4 aromatic rings. The molecule has 5 rings (SSSR count). The van der Waals surface area contributed by atoms with Crippen LogP contribution in [0, 0.1) is 12.8 Å². The van der Waals surface area contributed by atoms with E-state index in [0.717, 1.165) is 42.4 Å². The quantitative estimate of drug-likeness (QED) is 0.401. The number of imidazole rings is 1. The Bertz CT molecular complexity index is 1470. The number of rotatable bonds is 6. The zero-order chi connectivity index (χ0) is 25.2. The van der Waals surface area contributed by atoms with Crippen molar-refractivity contribution in [1.82, 2.24) is 24.4 Å².